The second kappa shape index (κ2) is 8.01. The first-order valence-corrected chi connectivity index (χ1v) is 9.84. The number of nitrogens with zero attached hydrogens (tertiary/aromatic N) is 3. The van der Waals surface area contributed by atoms with E-state index in [1.54, 1.807) is 37.3 Å². The summed E-state index contributed by atoms with van der Waals surface area (Å²) in [6, 6.07) is 10.0. The highest BCUT2D eigenvalue weighted by atomic mass is 32.2. The van der Waals surface area contributed by atoms with Crippen LogP contribution in [0, 0.1) is 6.92 Å². The van der Waals surface area contributed by atoms with Crippen LogP contribution in [0.1, 0.15) is 16.8 Å². The van der Waals surface area contributed by atoms with Crippen LogP contribution in [0.15, 0.2) is 58.6 Å². The lowest BCUT2D eigenvalue weighted by Gasteiger charge is -2.15. The van der Waals surface area contributed by atoms with Crippen molar-refractivity contribution in [1.29, 1.82) is 0 Å². The molecule has 0 aliphatic heterocycles. The summed E-state index contributed by atoms with van der Waals surface area (Å²) in [5.74, 6) is 0.815. The number of H-pyrrole nitrogens is 1. The van der Waals surface area contributed by atoms with Gasteiger partial charge in [0.1, 0.15) is 11.6 Å². The van der Waals surface area contributed by atoms with Gasteiger partial charge in [0.2, 0.25) is 0 Å². The van der Waals surface area contributed by atoms with Gasteiger partial charge in [-0.05, 0) is 49.0 Å². The van der Waals surface area contributed by atoms with Gasteiger partial charge in [-0.3, -0.25) is 5.10 Å². The van der Waals surface area contributed by atoms with Crippen molar-refractivity contribution in [2.45, 2.75) is 29.3 Å². The highest BCUT2D eigenvalue weighted by Crippen LogP contribution is 2.42. The van der Waals surface area contributed by atoms with Crippen molar-refractivity contribution in [1.82, 2.24) is 20.2 Å². The van der Waals surface area contributed by atoms with E-state index in [4.69, 9.17) is 0 Å². The predicted molar refractivity (Wildman–Crippen MR) is 107 cm³/mol. The molecule has 0 atom stereocenters. The molecule has 12 heteroatoms. The van der Waals surface area contributed by atoms with E-state index in [9.17, 15) is 26.3 Å². The molecule has 32 heavy (non-hydrogen) atoms. The average molecular weight is 469 g/mol. The molecule has 0 bridgehead atoms. The maximum atomic E-state index is 13.5. The van der Waals surface area contributed by atoms with Crippen LogP contribution in [0.2, 0.25) is 0 Å². The summed E-state index contributed by atoms with van der Waals surface area (Å²) in [5, 5.41) is 10.3. The number of halogens is 6. The van der Waals surface area contributed by atoms with E-state index < -0.39 is 28.4 Å². The zero-order valence-corrected chi connectivity index (χ0v) is 17.0. The molecule has 0 aliphatic carbocycles. The van der Waals surface area contributed by atoms with Crippen LogP contribution in [0.25, 0.3) is 10.9 Å². The topological polar surface area (TPSA) is 66.5 Å². The fourth-order valence-electron chi connectivity index (χ4n) is 2.92. The standard InChI is InChI=1S/C20H13F6N5S/c1-10-8-16(31-30-10)28-17-12-4-2-3-5-14(12)27-18(29-17)32-15-7-6-11(19(21,22)23)9-13(15)20(24,25)26/h2-9H,1H3,(H2,27,28,29,30,31). The predicted octanol–water partition coefficient (Wildman–Crippen LogP) is 6.59. The Balaban J connectivity index is 1.78. The number of benzene rings is 2. The van der Waals surface area contributed by atoms with Crippen LogP contribution < -0.4 is 5.32 Å². The Morgan fingerprint density at radius 3 is 2.31 bits per heavy atom. The molecule has 0 aliphatic rings. The summed E-state index contributed by atoms with van der Waals surface area (Å²) >= 11 is 0.530. The zero-order valence-electron chi connectivity index (χ0n) is 16.1. The molecule has 4 aromatic rings. The normalized spacial score (nSPS) is 12.3. The van der Waals surface area contributed by atoms with Crippen molar-refractivity contribution < 1.29 is 26.3 Å². The van der Waals surface area contributed by atoms with Gasteiger partial charge in [-0.2, -0.15) is 31.4 Å². The number of anilines is 2. The Morgan fingerprint density at radius 2 is 1.66 bits per heavy atom. The van der Waals surface area contributed by atoms with Gasteiger partial charge in [-0.15, -0.1) is 0 Å². The molecule has 0 saturated carbocycles. The van der Waals surface area contributed by atoms with Crippen molar-refractivity contribution in [3.8, 4) is 0 Å². The molecule has 0 unspecified atom stereocenters. The monoisotopic (exact) mass is 469 g/mol. The Labute approximate surface area is 181 Å². The van der Waals surface area contributed by atoms with Crippen LogP contribution in [0.3, 0.4) is 0 Å². The number of para-hydroxylation sites is 1. The van der Waals surface area contributed by atoms with Gasteiger partial charge in [0.05, 0.1) is 22.3 Å². The van der Waals surface area contributed by atoms with Crippen LogP contribution in [-0.4, -0.2) is 20.2 Å². The number of hydrogen-bond donors (Lipinski definition) is 2. The van der Waals surface area contributed by atoms with Crippen LogP contribution in [0.5, 0.6) is 0 Å². The van der Waals surface area contributed by atoms with E-state index in [1.807, 2.05) is 0 Å². The molecule has 0 amide bonds. The minimum atomic E-state index is -4.99. The first-order valence-electron chi connectivity index (χ1n) is 9.03. The number of fused-ring (bicyclic) bond motifs is 1. The minimum absolute atomic E-state index is 0.0623. The number of hydrogen-bond acceptors (Lipinski definition) is 5. The van der Waals surface area contributed by atoms with Gasteiger partial charge >= 0.3 is 12.4 Å². The van der Waals surface area contributed by atoms with Gasteiger partial charge in [0, 0.05) is 16.3 Å². The third kappa shape index (κ3) is 4.64. The first-order chi connectivity index (χ1) is 15.0. The quantitative estimate of drug-likeness (QED) is 0.261. The summed E-state index contributed by atoms with van der Waals surface area (Å²) in [5.41, 5.74) is -1.64. The Hall–Kier alpha value is -3.28. The number of aromatic amines is 1. The Bertz CT molecular complexity index is 1280. The SMILES string of the molecule is Cc1cc(Nc2nc(Sc3ccc(C(F)(F)F)cc3C(F)(F)F)nc3ccccc23)[nH]n1. The van der Waals surface area contributed by atoms with Crippen LogP contribution >= 0.6 is 11.8 Å². The van der Waals surface area contributed by atoms with Crippen molar-refractivity contribution >= 4 is 34.3 Å². The van der Waals surface area contributed by atoms with Gasteiger partial charge in [0.15, 0.2) is 5.16 Å². The smallest absolute Gasteiger partial charge is 0.325 e. The van der Waals surface area contributed by atoms with Crippen LogP contribution in [-0.2, 0) is 12.4 Å². The second-order valence-corrected chi connectivity index (χ2v) is 7.74. The van der Waals surface area contributed by atoms with Crippen molar-refractivity contribution in [2.24, 2.45) is 0 Å². The third-order valence-corrected chi connectivity index (χ3v) is 5.30. The number of rotatable bonds is 4. The largest absolute Gasteiger partial charge is 0.417 e. The zero-order chi connectivity index (χ0) is 23.1. The number of aryl methyl sites for hydroxylation is 1. The molecule has 0 radical (unpaired) electrons. The molecule has 2 aromatic heterocycles. The molecule has 0 fully saturated rings. The van der Waals surface area contributed by atoms with Gasteiger partial charge in [-0.1, -0.05) is 12.1 Å². The molecule has 5 nitrogen and oxygen atoms in total. The fourth-order valence-corrected chi connectivity index (χ4v) is 3.82. The average Bonchev–Trinajstić information content (AvgIpc) is 3.11. The van der Waals surface area contributed by atoms with E-state index in [2.05, 4.69) is 25.5 Å². The van der Waals surface area contributed by atoms with Crippen molar-refractivity contribution in [3.63, 3.8) is 0 Å². The summed E-state index contributed by atoms with van der Waals surface area (Å²) in [6.45, 7) is 1.77. The van der Waals surface area contributed by atoms with E-state index in [0.717, 1.165) is 6.07 Å². The summed E-state index contributed by atoms with van der Waals surface area (Å²) in [4.78, 5) is 8.13. The molecule has 166 valence electrons. The van der Waals surface area contributed by atoms with E-state index in [0.29, 0.717) is 46.1 Å². The molecule has 2 heterocycles. The number of alkyl halides is 6. The highest BCUT2D eigenvalue weighted by Gasteiger charge is 2.38. The van der Waals surface area contributed by atoms with E-state index in [1.165, 1.54) is 0 Å². The Kier molecular flexibility index (Phi) is 5.49. The second-order valence-electron chi connectivity index (χ2n) is 6.73. The summed E-state index contributed by atoms with van der Waals surface area (Å²) in [6.07, 6.45) is -9.89. The third-order valence-electron chi connectivity index (χ3n) is 4.36. The van der Waals surface area contributed by atoms with Gasteiger partial charge < -0.3 is 5.32 Å². The van der Waals surface area contributed by atoms with E-state index >= 15 is 0 Å². The first kappa shape index (κ1) is 21.9. The summed E-state index contributed by atoms with van der Waals surface area (Å²) < 4.78 is 79.3. The molecule has 0 saturated heterocycles. The molecular formula is C20H13F6N5S. The maximum absolute atomic E-state index is 13.5. The molecule has 2 aromatic carbocycles. The molecular weight excluding hydrogens is 456 g/mol. The Morgan fingerprint density at radius 1 is 0.906 bits per heavy atom. The lowest BCUT2D eigenvalue weighted by atomic mass is 10.1. The number of nitrogens with one attached hydrogen (secondary N) is 2. The van der Waals surface area contributed by atoms with Gasteiger partial charge in [0.25, 0.3) is 0 Å². The summed E-state index contributed by atoms with van der Waals surface area (Å²) in [7, 11) is 0. The molecule has 2 N–H and O–H groups in total. The van der Waals surface area contributed by atoms with E-state index in [-0.39, 0.29) is 11.2 Å². The van der Waals surface area contributed by atoms with Crippen LogP contribution in [0.4, 0.5) is 38.0 Å². The minimum Gasteiger partial charge on any atom is -0.325 e. The van der Waals surface area contributed by atoms with Gasteiger partial charge in [-0.25, -0.2) is 9.97 Å². The van der Waals surface area contributed by atoms with Crippen molar-refractivity contribution in [2.75, 3.05) is 5.32 Å². The van der Waals surface area contributed by atoms with Crippen molar-refractivity contribution in [3.05, 3.63) is 65.4 Å². The lowest BCUT2D eigenvalue weighted by molar-refractivity contribution is -0.144. The molecule has 4 rings (SSSR count). The maximum Gasteiger partial charge on any atom is 0.417 e. The highest BCUT2D eigenvalue weighted by molar-refractivity contribution is 7.99. The number of aromatic nitrogens is 4. The lowest BCUT2D eigenvalue weighted by Crippen LogP contribution is -2.12. The molecule has 0 spiro atoms. The fraction of sp³-hybridized carbons (Fsp3) is 0.150.